The van der Waals surface area contributed by atoms with E-state index in [9.17, 15) is 18.9 Å². The number of carbonyl (C=O) groups is 1. The number of esters is 1. The molecule has 184 valence electrons. The molecule has 4 rings (SSSR count). The maximum Gasteiger partial charge on any atom is 0.459 e. The Kier molecular flexibility index (Phi) is 7.32. The topological polar surface area (TPSA) is 138 Å². The molecule has 35 heavy (non-hydrogen) atoms. The highest BCUT2D eigenvalue weighted by atomic mass is 31.2. The molecule has 1 unspecified atom stereocenters. The van der Waals surface area contributed by atoms with Gasteiger partial charge in [0.15, 0.2) is 6.23 Å². The molecule has 11 nitrogen and oxygen atoms in total. The van der Waals surface area contributed by atoms with Gasteiger partial charge in [0.05, 0.1) is 13.7 Å². The minimum absolute atomic E-state index is 0.214. The van der Waals surface area contributed by atoms with Gasteiger partial charge in [-0.05, 0) is 24.5 Å². The van der Waals surface area contributed by atoms with Crippen LogP contribution in [0.25, 0.3) is 10.8 Å². The minimum atomic E-state index is -4.11. The van der Waals surface area contributed by atoms with E-state index >= 15 is 0 Å². The van der Waals surface area contributed by atoms with Crippen molar-refractivity contribution >= 4 is 24.5 Å². The fourth-order valence-electron chi connectivity index (χ4n) is 3.50. The van der Waals surface area contributed by atoms with Crippen molar-refractivity contribution in [1.29, 1.82) is 0 Å². The number of aromatic amines is 1. The number of benzene rings is 2. The molecule has 2 heterocycles. The quantitative estimate of drug-likeness (QED) is 0.257. The molecule has 2 N–H and O–H groups in total. The summed E-state index contributed by atoms with van der Waals surface area (Å²) in [6, 6.07) is 12.9. The van der Waals surface area contributed by atoms with E-state index in [-0.39, 0.29) is 6.61 Å². The Labute approximate surface area is 199 Å². The van der Waals surface area contributed by atoms with Crippen molar-refractivity contribution in [2.24, 2.45) is 0 Å². The van der Waals surface area contributed by atoms with Crippen LogP contribution in [0.15, 0.2) is 76.5 Å². The summed E-state index contributed by atoms with van der Waals surface area (Å²) in [5.41, 5.74) is -1.15. The number of methoxy groups -OCH3 is 1. The number of hydrogen-bond acceptors (Lipinski definition) is 8. The van der Waals surface area contributed by atoms with E-state index in [0.717, 1.165) is 5.39 Å². The van der Waals surface area contributed by atoms with Gasteiger partial charge < -0.3 is 14.0 Å². The van der Waals surface area contributed by atoms with E-state index in [1.54, 1.807) is 24.3 Å². The van der Waals surface area contributed by atoms with Crippen molar-refractivity contribution < 1.29 is 27.9 Å². The lowest BCUT2D eigenvalue weighted by Crippen LogP contribution is -2.35. The van der Waals surface area contributed by atoms with Crippen LogP contribution in [0, 0.1) is 0 Å². The van der Waals surface area contributed by atoms with Crippen molar-refractivity contribution in [2.45, 2.75) is 25.3 Å². The van der Waals surface area contributed by atoms with Crippen molar-refractivity contribution in [3.05, 3.63) is 87.7 Å². The van der Waals surface area contributed by atoms with Gasteiger partial charge in [-0.25, -0.2) is 9.36 Å². The normalized spacial score (nSPS) is 19.8. The van der Waals surface area contributed by atoms with Gasteiger partial charge in [-0.15, -0.1) is 0 Å². The highest BCUT2D eigenvalue weighted by molar-refractivity contribution is 7.52. The van der Waals surface area contributed by atoms with Crippen LogP contribution >= 0.6 is 7.75 Å². The predicted molar refractivity (Wildman–Crippen MR) is 127 cm³/mol. The molecule has 12 heteroatoms. The number of hydrogen-bond donors (Lipinski definition) is 2. The Morgan fingerprint density at radius 1 is 1.17 bits per heavy atom. The maximum absolute atomic E-state index is 13.7. The summed E-state index contributed by atoms with van der Waals surface area (Å²) in [6.07, 6.45) is 3.09. The summed E-state index contributed by atoms with van der Waals surface area (Å²) in [6.45, 7) is 1.26. The summed E-state index contributed by atoms with van der Waals surface area (Å²) >= 11 is 0. The summed E-state index contributed by atoms with van der Waals surface area (Å²) in [5, 5.41) is 4.18. The molecule has 0 aliphatic carbocycles. The zero-order valence-corrected chi connectivity index (χ0v) is 19.8. The second-order valence-corrected chi connectivity index (χ2v) is 9.40. The molecule has 0 bridgehead atoms. The molecule has 1 aliphatic rings. The van der Waals surface area contributed by atoms with E-state index in [1.165, 1.54) is 30.9 Å². The molecule has 0 spiro atoms. The Morgan fingerprint density at radius 3 is 2.71 bits per heavy atom. The molecule has 0 radical (unpaired) electrons. The van der Waals surface area contributed by atoms with E-state index < -0.39 is 43.3 Å². The molecule has 0 saturated carbocycles. The van der Waals surface area contributed by atoms with Crippen molar-refractivity contribution in [3.8, 4) is 5.75 Å². The molecular formula is C23H24N3O8P. The Bertz CT molecular complexity index is 1410. The first-order chi connectivity index (χ1) is 16.8. The predicted octanol–water partition coefficient (Wildman–Crippen LogP) is 2.50. The molecule has 4 atom stereocenters. The molecule has 1 aromatic heterocycles. The third-order valence-corrected chi connectivity index (χ3v) is 6.84. The molecular weight excluding hydrogens is 477 g/mol. The maximum atomic E-state index is 13.7. The monoisotopic (exact) mass is 501 g/mol. The van der Waals surface area contributed by atoms with Gasteiger partial charge in [0, 0.05) is 17.6 Å². The molecule has 0 saturated heterocycles. The standard InChI is InChI=1S/C23H24N3O8P/c1-15(22(28)31-2)25-35(30,34-19-9-5-7-16-6-3-4-8-18(16)19)32-14-17-10-11-21(33-17)26-13-12-20(27)24-23(26)29/h3-13,15,17,21H,14H2,1-2H3,(H,25,30)(H,24,27,29)/t15-,17-,21+,35?/m0/s1. The molecule has 0 amide bonds. The van der Waals surface area contributed by atoms with Crippen LogP contribution in [0.4, 0.5) is 0 Å². The van der Waals surface area contributed by atoms with Gasteiger partial charge in [0.1, 0.15) is 17.9 Å². The van der Waals surface area contributed by atoms with Gasteiger partial charge in [-0.1, -0.05) is 42.5 Å². The van der Waals surface area contributed by atoms with Crippen molar-refractivity contribution in [1.82, 2.24) is 14.6 Å². The van der Waals surface area contributed by atoms with E-state index in [4.69, 9.17) is 18.5 Å². The number of nitrogens with one attached hydrogen (secondary N) is 2. The van der Waals surface area contributed by atoms with E-state index in [1.807, 2.05) is 30.3 Å². The molecule has 0 fully saturated rings. The fraction of sp³-hybridized carbons (Fsp3) is 0.261. The third kappa shape index (κ3) is 5.77. The number of rotatable bonds is 9. The molecule has 3 aromatic rings. The zero-order chi connectivity index (χ0) is 25.0. The lowest BCUT2D eigenvalue weighted by atomic mass is 10.1. The summed E-state index contributed by atoms with van der Waals surface area (Å²) < 4.78 is 36.9. The number of ether oxygens (including phenoxy) is 2. The first-order valence-corrected chi connectivity index (χ1v) is 12.2. The zero-order valence-electron chi connectivity index (χ0n) is 19.0. The average Bonchev–Trinajstić information content (AvgIpc) is 3.31. The van der Waals surface area contributed by atoms with Crippen LogP contribution in [0.1, 0.15) is 13.2 Å². The van der Waals surface area contributed by atoms with Crippen LogP contribution < -0.4 is 20.9 Å². The SMILES string of the molecule is COC(=O)[C@H](C)NP(=O)(OC[C@@H]1C=C[C@H](n2ccc(=O)[nH]c2=O)O1)Oc1cccc2ccccc12. The molecule has 2 aromatic carbocycles. The Hall–Kier alpha value is -3.50. The first kappa shape index (κ1) is 24.6. The number of nitrogens with zero attached hydrogens (tertiary/aromatic N) is 1. The average molecular weight is 501 g/mol. The van der Waals surface area contributed by atoms with Crippen molar-refractivity contribution in [3.63, 3.8) is 0 Å². The van der Waals surface area contributed by atoms with Gasteiger partial charge in [0.25, 0.3) is 5.56 Å². The highest BCUT2D eigenvalue weighted by Gasteiger charge is 2.34. The second kappa shape index (κ2) is 10.4. The fourth-order valence-corrected chi connectivity index (χ4v) is 5.02. The second-order valence-electron chi connectivity index (χ2n) is 7.70. The number of aromatic nitrogens is 2. The van der Waals surface area contributed by atoms with Crippen LogP contribution in [-0.2, 0) is 23.4 Å². The van der Waals surface area contributed by atoms with Crippen LogP contribution in [0.3, 0.4) is 0 Å². The minimum Gasteiger partial charge on any atom is -0.468 e. The van der Waals surface area contributed by atoms with Crippen LogP contribution in [0.5, 0.6) is 5.75 Å². The van der Waals surface area contributed by atoms with Gasteiger partial charge in [-0.2, -0.15) is 5.09 Å². The summed E-state index contributed by atoms with van der Waals surface area (Å²) in [5.74, 6) is -0.346. The number of H-pyrrole nitrogens is 1. The smallest absolute Gasteiger partial charge is 0.459 e. The Balaban J connectivity index is 1.51. The number of carbonyl (C=O) groups excluding carboxylic acids is 1. The Morgan fingerprint density at radius 2 is 1.94 bits per heavy atom. The first-order valence-electron chi connectivity index (χ1n) is 10.7. The van der Waals surface area contributed by atoms with Gasteiger partial charge in [-0.3, -0.25) is 23.7 Å². The third-order valence-electron chi connectivity index (χ3n) is 5.21. The highest BCUT2D eigenvalue weighted by Crippen LogP contribution is 2.47. The van der Waals surface area contributed by atoms with E-state index in [0.29, 0.717) is 11.1 Å². The molecule has 1 aliphatic heterocycles. The largest absolute Gasteiger partial charge is 0.468 e. The van der Waals surface area contributed by atoms with Crippen LogP contribution in [0.2, 0.25) is 0 Å². The van der Waals surface area contributed by atoms with Gasteiger partial charge >= 0.3 is 19.4 Å². The lowest BCUT2D eigenvalue weighted by molar-refractivity contribution is -0.142. The van der Waals surface area contributed by atoms with Crippen molar-refractivity contribution in [2.75, 3.05) is 13.7 Å². The summed E-state index contributed by atoms with van der Waals surface area (Å²) in [4.78, 5) is 37.4. The van der Waals surface area contributed by atoms with Gasteiger partial charge in [0.2, 0.25) is 0 Å². The van der Waals surface area contributed by atoms with Crippen LogP contribution in [-0.4, -0.2) is 41.4 Å². The summed E-state index contributed by atoms with van der Waals surface area (Å²) in [7, 11) is -2.89. The lowest BCUT2D eigenvalue weighted by Gasteiger charge is -2.24. The number of fused-ring (bicyclic) bond motifs is 1. The van der Waals surface area contributed by atoms with E-state index in [2.05, 4.69) is 10.1 Å².